The summed E-state index contributed by atoms with van der Waals surface area (Å²) in [5.74, 6) is 2.60. The van der Waals surface area contributed by atoms with E-state index in [4.69, 9.17) is 9.97 Å². The molecule has 3 aliphatic rings. The number of hydrogen-bond donors (Lipinski definition) is 4. The molecule has 4 N–H and O–H groups in total. The molecule has 2 aliphatic heterocycles. The van der Waals surface area contributed by atoms with Gasteiger partial charge in [0.15, 0.2) is 5.82 Å². The molecule has 0 spiro atoms. The summed E-state index contributed by atoms with van der Waals surface area (Å²) in [6, 6.07) is 6.14. The minimum atomic E-state index is -0.670. The molecule has 6 rings (SSSR count). The summed E-state index contributed by atoms with van der Waals surface area (Å²) in [6.45, 7) is 4.53. The van der Waals surface area contributed by atoms with Crippen molar-refractivity contribution in [2.24, 2.45) is 0 Å². The van der Waals surface area contributed by atoms with E-state index < -0.39 is 5.54 Å². The molecule has 2 saturated heterocycles. The molecule has 3 aromatic rings. The van der Waals surface area contributed by atoms with Gasteiger partial charge in [0.1, 0.15) is 11.2 Å². The van der Waals surface area contributed by atoms with Crippen molar-refractivity contribution in [3.05, 3.63) is 30.1 Å². The molecule has 1 saturated carbocycles. The zero-order valence-electron chi connectivity index (χ0n) is 18.3. The van der Waals surface area contributed by atoms with Crippen LogP contribution in [0.15, 0.2) is 24.4 Å². The third-order valence-electron chi connectivity index (χ3n) is 7.00. The highest BCUT2D eigenvalue weighted by atomic mass is 16.2. The van der Waals surface area contributed by atoms with Gasteiger partial charge in [-0.3, -0.25) is 14.3 Å². The predicted octanol–water partition coefficient (Wildman–Crippen LogP) is 1.91. The molecule has 0 radical (unpaired) electrons. The zero-order chi connectivity index (χ0) is 21.7. The summed E-state index contributed by atoms with van der Waals surface area (Å²) in [5.41, 5.74) is 1.27. The lowest BCUT2D eigenvalue weighted by Gasteiger charge is -2.35. The van der Waals surface area contributed by atoms with Crippen molar-refractivity contribution in [3.63, 3.8) is 0 Å². The van der Waals surface area contributed by atoms with Crippen LogP contribution in [-0.2, 0) is 4.79 Å². The minimum absolute atomic E-state index is 0.0541. The van der Waals surface area contributed by atoms with Crippen LogP contribution in [-0.4, -0.2) is 61.7 Å². The number of H-pyrrole nitrogens is 1. The Labute approximate surface area is 186 Å². The molecule has 10 heteroatoms. The molecule has 5 heterocycles. The molecule has 3 aromatic heterocycles. The maximum atomic E-state index is 13.3. The van der Waals surface area contributed by atoms with Gasteiger partial charge in [0.2, 0.25) is 17.8 Å². The molecule has 168 valence electrons. The molecule has 10 nitrogen and oxygen atoms in total. The predicted molar refractivity (Wildman–Crippen MR) is 121 cm³/mol. The van der Waals surface area contributed by atoms with Crippen LogP contribution in [0.1, 0.15) is 50.6 Å². The Bertz CT molecular complexity index is 1140. The van der Waals surface area contributed by atoms with Gasteiger partial charge in [-0.2, -0.15) is 15.1 Å². The Kier molecular flexibility index (Phi) is 4.56. The topological polar surface area (TPSA) is 115 Å². The molecule has 0 unspecified atom stereocenters. The van der Waals surface area contributed by atoms with E-state index in [9.17, 15) is 4.79 Å². The number of hydrogen-bond acceptors (Lipinski definition) is 7. The van der Waals surface area contributed by atoms with E-state index in [1.807, 2.05) is 29.7 Å². The second kappa shape index (κ2) is 7.47. The fraction of sp³-hybridized carbons (Fsp3) is 0.545. The highest BCUT2D eigenvalue weighted by Gasteiger charge is 2.45. The van der Waals surface area contributed by atoms with Gasteiger partial charge in [0.25, 0.3) is 0 Å². The molecular formula is C22H29N9O. The fourth-order valence-electron chi connectivity index (χ4n) is 4.88. The van der Waals surface area contributed by atoms with E-state index >= 15 is 0 Å². The first-order valence-corrected chi connectivity index (χ1v) is 11.6. The molecule has 0 aromatic carbocycles. The lowest BCUT2D eigenvalue weighted by molar-refractivity contribution is -0.126. The maximum absolute atomic E-state index is 13.3. The number of amides is 1. The first kappa shape index (κ1) is 19.5. The SMILES string of the molecule is C[C@@]1(C(=O)N[C@H]2CCNC2)CCCN1c1nc(Nc2cc(C3CC3)[nH]n2)n2cccc2n1. The summed E-state index contributed by atoms with van der Waals surface area (Å²) >= 11 is 0. The van der Waals surface area contributed by atoms with Crippen molar-refractivity contribution in [2.45, 2.75) is 56.5 Å². The molecule has 1 amide bonds. The third kappa shape index (κ3) is 3.38. The number of carbonyl (C=O) groups is 1. The van der Waals surface area contributed by atoms with E-state index in [1.54, 1.807) is 0 Å². The van der Waals surface area contributed by atoms with E-state index in [2.05, 4.69) is 37.1 Å². The maximum Gasteiger partial charge on any atom is 0.245 e. The number of anilines is 3. The van der Waals surface area contributed by atoms with E-state index in [1.165, 1.54) is 12.8 Å². The van der Waals surface area contributed by atoms with Crippen molar-refractivity contribution in [3.8, 4) is 0 Å². The van der Waals surface area contributed by atoms with Crippen LogP contribution in [0.25, 0.3) is 5.65 Å². The molecule has 0 bridgehead atoms. The summed E-state index contributed by atoms with van der Waals surface area (Å²) in [5, 5.41) is 17.4. The number of carbonyl (C=O) groups excluding carboxylic acids is 1. The number of rotatable bonds is 6. The normalized spacial score (nSPS) is 25.5. The molecule has 3 fully saturated rings. The molecule has 1 aliphatic carbocycles. The van der Waals surface area contributed by atoms with Crippen molar-refractivity contribution in [1.29, 1.82) is 0 Å². The van der Waals surface area contributed by atoms with E-state index in [0.29, 0.717) is 17.8 Å². The first-order chi connectivity index (χ1) is 15.6. The van der Waals surface area contributed by atoms with Gasteiger partial charge in [-0.15, -0.1) is 0 Å². The standard InChI is InChI=1S/C22H29N9O/c1-22(19(32)24-15-7-9-23-13-15)8-3-11-31(22)21-26-18-4-2-10-30(18)20(27-21)25-17-12-16(28-29-17)14-5-6-14/h2,4,10,12,14-15,23H,3,5-9,11,13H2,1H3,(H,24,32)(H2,25,26,27,28,29)/t15-,22-/m0/s1. The summed E-state index contributed by atoms with van der Waals surface area (Å²) in [6.07, 6.45) is 7.03. The number of aromatic amines is 1. The monoisotopic (exact) mass is 435 g/mol. The van der Waals surface area contributed by atoms with Crippen molar-refractivity contribution < 1.29 is 4.79 Å². The second-order valence-electron chi connectivity index (χ2n) is 9.38. The van der Waals surface area contributed by atoms with Crippen LogP contribution in [0, 0.1) is 0 Å². The van der Waals surface area contributed by atoms with E-state index in [-0.39, 0.29) is 11.9 Å². The Morgan fingerprint density at radius 2 is 2.19 bits per heavy atom. The quantitative estimate of drug-likeness (QED) is 0.467. The van der Waals surface area contributed by atoms with Gasteiger partial charge < -0.3 is 20.9 Å². The summed E-state index contributed by atoms with van der Waals surface area (Å²) in [4.78, 5) is 25.0. The largest absolute Gasteiger partial charge is 0.350 e. The Morgan fingerprint density at radius 3 is 3.00 bits per heavy atom. The molecule has 2 atom stereocenters. The van der Waals surface area contributed by atoms with Crippen LogP contribution < -0.4 is 20.9 Å². The lowest BCUT2D eigenvalue weighted by Crippen LogP contribution is -2.56. The van der Waals surface area contributed by atoms with Crippen LogP contribution in [0.5, 0.6) is 0 Å². The smallest absolute Gasteiger partial charge is 0.245 e. The van der Waals surface area contributed by atoms with Gasteiger partial charge in [-0.05, 0) is 57.7 Å². The van der Waals surface area contributed by atoms with Gasteiger partial charge in [-0.1, -0.05) is 0 Å². The fourth-order valence-corrected chi connectivity index (χ4v) is 4.88. The lowest BCUT2D eigenvalue weighted by atomic mass is 9.97. The minimum Gasteiger partial charge on any atom is -0.350 e. The van der Waals surface area contributed by atoms with Gasteiger partial charge in [0.05, 0.1) is 0 Å². The van der Waals surface area contributed by atoms with Crippen LogP contribution in [0.4, 0.5) is 17.7 Å². The number of aromatic nitrogens is 5. The average molecular weight is 436 g/mol. The van der Waals surface area contributed by atoms with E-state index in [0.717, 1.165) is 56.1 Å². The Hall–Kier alpha value is -3.14. The van der Waals surface area contributed by atoms with Crippen molar-refractivity contribution in [2.75, 3.05) is 29.9 Å². The Balaban J connectivity index is 1.30. The average Bonchev–Trinajstić information content (AvgIpc) is 3.22. The molecular weight excluding hydrogens is 406 g/mol. The zero-order valence-corrected chi connectivity index (χ0v) is 18.3. The van der Waals surface area contributed by atoms with Crippen LogP contribution >= 0.6 is 0 Å². The second-order valence-corrected chi connectivity index (χ2v) is 9.38. The van der Waals surface area contributed by atoms with Gasteiger partial charge in [-0.25, -0.2) is 0 Å². The van der Waals surface area contributed by atoms with Crippen molar-refractivity contribution in [1.82, 2.24) is 35.2 Å². The van der Waals surface area contributed by atoms with Crippen LogP contribution in [0.2, 0.25) is 0 Å². The number of fused-ring (bicyclic) bond motifs is 1. The van der Waals surface area contributed by atoms with Crippen LogP contribution in [0.3, 0.4) is 0 Å². The third-order valence-corrected chi connectivity index (χ3v) is 7.00. The van der Waals surface area contributed by atoms with Gasteiger partial charge >= 0.3 is 0 Å². The van der Waals surface area contributed by atoms with Crippen molar-refractivity contribution >= 4 is 29.3 Å². The molecule has 32 heavy (non-hydrogen) atoms. The number of nitrogens with one attached hydrogen (secondary N) is 4. The highest BCUT2D eigenvalue weighted by molar-refractivity contribution is 5.90. The first-order valence-electron chi connectivity index (χ1n) is 11.6. The summed E-state index contributed by atoms with van der Waals surface area (Å²) in [7, 11) is 0. The summed E-state index contributed by atoms with van der Waals surface area (Å²) < 4.78 is 1.91. The Morgan fingerprint density at radius 1 is 1.28 bits per heavy atom. The number of nitrogens with zero attached hydrogens (tertiary/aromatic N) is 5. The van der Waals surface area contributed by atoms with Gasteiger partial charge in [0, 0.05) is 43.0 Å². The highest BCUT2D eigenvalue weighted by Crippen LogP contribution is 2.40.